The fraction of sp³-hybridized carbons (Fsp3) is 0.235. The molecule has 0 unspecified atom stereocenters. The van der Waals surface area contributed by atoms with Gasteiger partial charge < -0.3 is 9.47 Å². The molecule has 1 aromatic carbocycles. The Morgan fingerprint density at radius 1 is 1.11 bits per heavy atom. The van der Waals surface area contributed by atoms with Crippen molar-refractivity contribution >= 4 is 23.4 Å². The third-order valence-electron chi connectivity index (χ3n) is 2.99. The number of ether oxygens (including phenoxy) is 2. The van der Waals surface area contributed by atoms with E-state index in [1.165, 1.54) is 24.3 Å². The second kappa shape index (κ2) is 8.95. The molecule has 2 aromatic rings. The van der Waals surface area contributed by atoms with Gasteiger partial charge in [0.25, 0.3) is 0 Å². The maximum absolute atomic E-state index is 12.8. The van der Waals surface area contributed by atoms with Gasteiger partial charge in [0.1, 0.15) is 12.4 Å². The number of rotatable bonds is 6. The van der Waals surface area contributed by atoms with Crippen LogP contribution in [0, 0.1) is 6.92 Å². The van der Waals surface area contributed by atoms with Gasteiger partial charge in [0.2, 0.25) is 11.8 Å². The highest BCUT2D eigenvalue weighted by atomic mass is 35.5. The number of aryl methyl sites for hydroxylation is 1. The van der Waals surface area contributed by atoms with Gasteiger partial charge in [-0.3, -0.25) is 0 Å². The Hall–Kier alpha value is -2.07. The standard InChI is InChI=1S/C17H12ClF6NO2S/c1-10-7-14(26-6-5-13(18)28-17(22,23)24)25-15(8-10)27-12-4-2-3-11(9-12)16(19,20)21/h2-5,7-9H,6H2,1H3/b13-5+. The van der Waals surface area contributed by atoms with Gasteiger partial charge in [0.15, 0.2) is 0 Å². The van der Waals surface area contributed by atoms with Gasteiger partial charge in [-0.05, 0) is 48.5 Å². The summed E-state index contributed by atoms with van der Waals surface area (Å²) in [6, 6.07) is 7.20. The quantitative estimate of drug-likeness (QED) is 0.454. The van der Waals surface area contributed by atoms with Crippen LogP contribution >= 0.6 is 23.4 Å². The third kappa shape index (κ3) is 7.51. The van der Waals surface area contributed by atoms with Crippen molar-refractivity contribution in [3.63, 3.8) is 0 Å². The maximum atomic E-state index is 12.8. The minimum atomic E-state index is -4.52. The zero-order valence-electron chi connectivity index (χ0n) is 14.1. The fourth-order valence-corrected chi connectivity index (χ4v) is 2.63. The molecule has 0 saturated carbocycles. The number of pyridine rings is 1. The Bertz CT molecular complexity index is 854. The molecule has 0 aliphatic heterocycles. The van der Waals surface area contributed by atoms with Crippen molar-refractivity contribution in [3.05, 3.63) is 58.0 Å². The van der Waals surface area contributed by atoms with Crippen molar-refractivity contribution in [1.82, 2.24) is 4.98 Å². The van der Waals surface area contributed by atoms with E-state index >= 15 is 0 Å². The molecular formula is C17H12ClF6NO2S. The van der Waals surface area contributed by atoms with Crippen molar-refractivity contribution in [2.45, 2.75) is 18.6 Å². The highest BCUT2D eigenvalue weighted by Gasteiger charge is 2.31. The van der Waals surface area contributed by atoms with E-state index < -0.39 is 33.4 Å². The first-order chi connectivity index (χ1) is 12.9. The lowest BCUT2D eigenvalue weighted by atomic mass is 10.2. The van der Waals surface area contributed by atoms with Crippen molar-refractivity contribution < 1.29 is 35.8 Å². The maximum Gasteiger partial charge on any atom is 0.447 e. The summed E-state index contributed by atoms with van der Waals surface area (Å²) < 4.78 is 84.8. The van der Waals surface area contributed by atoms with E-state index in [0.29, 0.717) is 5.56 Å². The van der Waals surface area contributed by atoms with Crippen molar-refractivity contribution in [2.24, 2.45) is 0 Å². The number of aromatic nitrogens is 1. The lowest BCUT2D eigenvalue weighted by Gasteiger charge is -2.11. The first-order valence-corrected chi connectivity index (χ1v) is 8.70. The number of thioether (sulfide) groups is 1. The largest absolute Gasteiger partial charge is 0.473 e. The van der Waals surface area contributed by atoms with Crippen LogP contribution in [0.4, 0.5) is 26.3 Å². The number of alkyl halides is 6. The van der Waals surface area contributed by atoms with Crippen LogP contribution < -0.4 is 9.47 Å². The van der Waals surface area contributed by atoms with E-state index in [2.05, 4.69) is 4.98 Å². The summed E-state index contributed by atoms with van der Waals surface area (Å²) in [5.41, 5.74) is -4.77. The molecule has 11 heteroatoms. The van der Waals surface area contributed by atoms with Crippen LogP contribution in [0.25, 0.3) is 0 Å². The number of hydrogen-bond donors (Lipinski definition) is 0. The first-order valence-electron chi connectivity index (χ1n) is 7.50. The molecule has 0 aliphatic rings. The van der Waals surface area contributed by atoms with Gasteiger partial charge in [0.05, 0.1) is 9.93 Å². The lowest BCUT2D eigenvalue weighted by Crippen LogP contribution is -2.04. The minimum absolute atomic E-state index is 0.0136. The molecule has 0 amide bonds. The Balaban J connectivity index is 2.08. The summed E-state index contributed by atoms with van der Waals surface area (Å²) in [6.45, 7) is 1.37. The number of halogens is 7. The Labute approximate surface area is 165 Å². The molecule has 0 bridgehead atoms. The molecule has 0 spiro atoms. The third-order valence-corrected chi connectivity index (χ3v) is 3.97. The fourth-order valence-electron chi connectivity index (χ4n) is 1.93. The van der Waals surface area contributed by atoms with Crippen LogP contribution in [0.15, 0.2) is 46.8 Å². The summed E-state index contributed by atoms with van der Waals surface area (Å²) in [6.07, 6.45) is -3.51. The minimum Gasteiger partial charge on any atom is -0.473 e. The zero-order valence-corrected chi connectivity index (χ0v) is 15.6. The van der Waals surface area contributed by atoms with Gasteiger partial charge in [-0.2, -0.15) is 31.3 Å². The summed E-state index contributed by atoms with van der Waals surface area (Å²) in [4.78, 5) is 3.97. The molecule has 0 radical (unpaired) electrons. The van der Waals surface area contributed by atoms with Crippen LogP contribution in [-0.2, 0) is 6.18 Å². The van der Waals surface area contributed by atoms with Crippen molar-refractivity contribution in [1.29, 1.82) is 0 Å². The molecule has 2 rings (SSSR count). The molecule has 0 atom stereocenters. The predicted molar refractivity (Wildman–Crippen MR) is 93.6 cm³/mol. The molecule has 0 saturated heterocycles. The molecule has 1 heterocycles. The van der Waals surface area contributed by atoms with E-state index in [1.807, 2.05) is 0 Å². The molecular weight excluding hydrogens is 432 g/mol. The topological polar surface area (TPSA) is 31.4 Å². The van der Waals surface area contributed by atoms with Crippen LogP contribution in [0.3, 0.4) is 0 Å². The average molecular weight is 444 g/mol. The Kier molecular flexibility index (Phi) is 7.11. The molecule has 1 aromatic heterocycles. The van der Waals surface area contributed by atoms with E-state index in [9.17, 15) is 26.3 Å². The highest BCUT2D eigenvalue weighted by Crippen LogP contribution is 2.38. The first kappa shape index (κ1) is 22.2. The van der Waals surface area contributed by atoms with E-state index in [0.717, 1.165) is 18.2 Å². The number of nitrogens with zero attached hydrogens (tertiary/aromatic N) is 1. The normalized spacial score (nSPS) is 12.8. The summed E-state index contributed by atoms with van der Waals surface area (Å²) in [5, 5.41) is 0. The molecule has 152 valence electrons. The SMILES string of the molecule is Cc1cc(OC/C=C(\Cl)SC(F)(F)F)nc(Oc2cccc(C(F)(F)F)c2)c1. The predicted octanol–water partition coefficient (Wildman–Crippen LogP) is 6.91. The second-order valence-corrected chi connectivity index (χ2v) is 7.05. The van der Waals surface area contributed by atoms with Gasteiger partial charge in [-0.1, -0.05) is 17.7 Å². The number of hydrogen-bond acceptors (Lipinski definition) is 4. The van der Waals surface area contributed by atoms with Gasteiger partial charge in [-0.15, -0.1) is 0 Å². The molecule has 28 heavy (non-hydrogen) atoms. The van der Waals surface area contributed by atoms with Crippen LogP contribution in [-0.4, -0.2) is 17.1 Å². The lowest BCUT2D eigenvalue weighted by molar-refractivity contribution is -0.137. The molecule has 0 fully saturated rings. The average Bonchev–Trinajstić information content (AvgIpc) is 2.52. The summed E-state index contributed by atoms with van der Waals surface area (Å²) in [7, 11) is 0. The molecule has 0 N–H and O–H groups in total. The smallest absolute Gasteiger partial charge is 0.447 e. The van der Waals surface area contributed by atoms with E-state index in [-0.39, 0.29) is 24.1 Å². The zero-order chi connectivity index (χ0) is 20.9. The monoisotopic (exact) mass is 443 g/mol. The van der Waals surface area contributed by atoms with Crippen LogP contribution in [0.1, 0.15) is 11.1 Å². The summed E-state index contributed by atoms with van der Waals surface area (Å²) >= 11 is 4.95. The van der Waals surface area contributed by atoms with E-state index in [4.69, 9.17) is 21.1 Å². The van der Waals surface area contributed by atoms with Gasteiger partial charge >= 0.3 is 11.7 Å². The van der Waals surface area contributed by atoms with Gasteiger partial charge in [0, 0.05) is 12.1 Å². The van der Waals surface area contributed by atoms with E-state index in [1.54, 1.807) is 6.92 Å². The number of benzene rings is 1. The van der Waals surface area contributed by atoms with Crippen molar-refractivity contribution in [3.8, 4) is 17.5 Å². The molecule has 3 nitrogen and oxygen atoms in total. The second-order valence-electron chi connectivity index (χ2n) is 5.32. The Morgan fingerprint density at radius 2 is 1.79 bits per heavy atom. The van der Waals surface area contributed by atoms with Gasteiger partial charge in [-0.25, -0.2) is 0 Å². The highest BCUT2D eigenvalue weighted by molar-refractivity contribution is 8.05. The molecule has 0 aliphatic carbocycles. The van der Waals surface area contributed by atoms with Crippen molar-refractivity contribution in [2.75, 3.05) is 6.61 Å². The summed E-state index contributed by atoms with van der Waals surface area (Å²) in [5.74, 6) is -0.0999. The Morgan fingerprint density at radius 3 is 2.43 bits per heavy atom. The van der Waals surface area contributed by atoms with Crippen LogP contribution in [0.2, 0.25) is 0 Å². The van der Waals surface area contributed by atoms with Crippen LogP contribution in [0.5, 0.6) is 17.5 Å².